The molecule has 3 aromatic heterocycles. The average Bonchev–Trinajstić information content (AvgIpc) is 3.20. The van der Waals surface area contributed by atoms with Crippen molar-refractivity contribution in [3.05, 3.63) is 43.3 Å². The first-order chi connectivity index (χ1) is 15.0. The molecule has 2 N–H and O–H groups in total. The van der Waals surface area contributed by atoms with Crippen LogP contribution in [-0.4, -0.2) is 62.1 Å². The summed E-state index contributed by atoms with van der Waals surface area (Å²) in [4.78, 5) is 35.6. The molecule has 11 nitrogen and oxygen atoms in total. The lowest BCUT2D eigenvalue weighted by molar-refractivity contribution is -0.150. The molecule has 0 radical (unpaired) electrons. The van der Waals surface area contributed by atoms with E-state index in [0.29, 0.717) is 30.7 Å². The van der Waals surface area contributed by atoms with Crippen molar-refractivity contribution in [1.82, 2.24) is 24.8 Å². The van der Waals surface area contributed by atoms with Crippen molar-refractivity contribution < 1.29 is 26.7 Å². The van der Waals surface area contributed by atoms with Crippen LogP contribution in [0.5, 0.6) is 0 Å². The van der Waals surface area contributed by atoms with E-state index in [1.165, 1.54) is 24.9 Å². The number of nitrogens with zero attached hydrogens (tertiary/aromatic N) is 5. The molecule has 176 valence electrons. The largest absolute Gasteiger partial charge is 0.464 e. The van der Waals surface area contributed by atoms with E-state index in [4.69, 9.17) is 28.9 Å². The van der Waals surface area contributed by atoms with Crippen molar-refractivity contribution >= 4 is 100 Å². The second kappa shape index (κ2) is 13.6. The van der Waals surface area contributed by atoms with Crippen LogP contribution in [-0.2, 0) is 19.1 Å². The fraction of sp³-hybridized carbons (Fsp3) is 0.188. The summed E-state index contributed by atoms with van der Waals surface area (Å²) in [7, 11) is 2.46. The van der Waals surface area contributed by atoms with E-state index in [2.05, 4.69) is 77.5 Å². The van der Waals surface area contributed by atoms with Gasteiger partial charge in [0, 0.05) is 2.85 Å². The number of carbonyl (C=O) groups is 3. The molecule has 32 heavy (non-hydrogen) atoms. The highest BCUT2D eigenvalue weighted by atomic mass is 79.9. The van der Waals surface area contributed by atoms with Crippen molar-refractivity contribution in [2.75, 3.05) is 25.3 Å². The maximum Gasteiger partial charge on any atom is 0.375 e. The highest BCUT2D eigenvalue weighted by molar-refractivity contribution is 9.11. The molecule has 0 aromatic carbocycles. The number of fused-ring (bicyclic) bond motifs is 1. The van der Waals surface area contributed by atoms with Gasteiger partial charge in [-0.2, -0.15) is 5.10 Å². The lowest BCUT2D eigenvalue weighted by atomic mass is 10.5. The van der Waals surface area contributed by atoms with Crippen LogP contribution in [0.3, 0.4) is 0 Å². The Labute approximate surface area is 219 Å². The number of nitrogen functional groups attached to an aromatic ring is 1. The zero-order valence-electron chi connectivity index (χ0n) is 16.2. The predicted octanol–water partition coefficient (Wildman–Crippen LogP) is 4.02. The normalized spacial score (nSPS) is 9.72. The van der Waals surface area contributed by atoms with Gasteiger partial charge in [0.05, 0.1) is 34.7 Å². The lowest BCUT2D eigenvalue weighted by Crippen LogP contribution is -2.15. The number of hydrogen-bond acceptors (Lipinski definition) is 10. The number of carbonyl (C=O) groups excluding carboxylic acids is 3. The summed E-state index contributed by atoms with van der Waals surface area (Å²) in [6.07, 6.45) is 1.46. The van der Waals surface area contributed by atoms with Gasteiger partial charge >= 0.3 is 11.9 Å². The summed E-state index contributed by atoms with van der Waals surface area (Å²) in [5, 5.41) is 11.6. The molecule has 0 spiro atoms. The van der Waals surface area contributed by atoms with Gasteiger partial charge in [-0.05, 0) is 44.0 Å². The number of Topliss-reactive ketones (excluding diaryl/α,β-unsaturated/α-hetero) is 1. The van der Waals surface area contributed by atoms with E-state index in [0.717, 1.165) is 0 Å². The van der Waals surface area contributed by atoms with E-state index in [1.54, 1.807) is 12.1 Å². The zero-order valence-corrected chi connectivity index (χ0v) is 22.5. The maximum absolute atomic E-state index is 11.2. The standard InChI is InChI=1S/C8H5BrClN3O2.C4H3BrClN3.C4H5BrO3.2H2/c1-15-8(14)5-3-13-7(11-5)4(9)2-6(10)12-13;5-2-1-3(6)8-9-4(2)7;1-8-4(7)3(6)2-5;;/h2-3H,1H3;1H,(H2,7,9);2H2,1H3;2*1H. The number of rotatable bonds is 3. The number of ketones is 1. The molecule has 0 aliphatic carbocycles. The Balaban J connectivity index is 0. The molecule has 0 saturated carbocycles. The van der Waals surface area contributed by atoms with E-state index in [1.807, 2.05) is 0 Å². The Morgan fingerprint density at radius 3 is 2.19 bits per heavy atom. The van der Waals surface area contributed by atoms with Gasteiger partial charge in [0.15, 0.2) is 27.5 Å². The van der Waals surface area contributed by atoms with Gasteiger partial charge in [0.2, 0.25) is 5.78 Å². The number of methoxy groups -OCH3 is 2. The minimum atomic E-state index is -0.804. The van der Waals surface area contributed by atoms with Crippen molar-refractivity contribution in [2.24, 2.45) is 0 Å². The van der Waals surface area contributed by atoms with Gasteiger partial charge in [-0.15, -0.1) is 10.2 Å². The van der Waals surface area contributed by atoms with Crippen LogP contribution >= 0.6 is 71.0 Å². The van der Waals surface area contributed by atoms with Gasteiger partial charge < -0.3 is 15.2 Å². The topological polar surface area (TPSA) is 152 Å². The van der Waals surface area contributed by atoms with Crippen LogP contribution in [0.15, 0.2) is 27.3 Å². The SMILES string of the molecule is COC(=O)C(=O)CBr.COC(=O)c1cn2nc(Cl)cc(Br)c2n1.Nc1nnc(Cl)cc1Br.[HH].[HH]. The van der Waals surface area contributed by atoms with Crippen LogP contribution in [0.1, 0.15) is 13.3 Å². The van der Waals surface area contributed by atoms with Crippen molar-refractivity contribution in [3.63, 3.8) is 0 Å². The molecular formula is C16H17Br3Cl2N6O5. The molecule has 0 fully saturated rings. The summed E-state index contributed by atoms with van der Waals surface area (Å²) in [5.74, 6) is -1.53. The Morgan fingerprint density at radius 1 is 1.09 bits per heavy atom. The summed E-state index contributed by atoms with van der Waals surface area (Å²) >= 11 is 20.4. The average molecular weight is 684 g/mol. The second-order valence-corrected chi connectivity index (χ2v) is 8.19. The number of halogens is 5. The molecule has 3 heterocycles. The van der Waals surface area contributed by atoms with Gasteiger partial charge in [-0.1, -0.05) is 39.1 Å². The second-order valence-electron chi connectivity index (χ2n) is 5.15. The molecule has 0 amide bonds. The molecule has 3 aromatic rings. The van der Waals surface area contributed by atoms with E-state index in [-0.39, 0.29) is 13.9 Å². The number of alkyl halides is 1. The number of aromatic nitrogens is 5. The fourth-order valence-corrected chi connectivity index (χ4v) is 3.25. The summed E-state index contributed by atoms with van der Waals surface area (Å²) in [6, 6.07) is 3.19. The lowest BCUT2D eigenvalue weighted by Gasteiger charge is -1.94. The molecule has 0 saturated heterocycles. The quantitative estimate of drug-likeness (QED) is 0.244. The first-order valence-electron chi connectivity index (χ1n) is 7.95. The van der Waals surface area contributed by atoms with E-state index in [9.17, 15) is 14.4 Å². The van der Waals surface area contributed by atoms with Crippen LogP contribution in [0.2, 0.25) is 10.3 Å². The first kappa shape index (κ1) is 28.2. The highest BCUT2D eigenvalue weighted by Crippen LogP contribution is 2.20. The number of hydrogen-bond donors (Lipinski definition) is 1. The monoisotopic (exact) mass is 680 g/mol. The van der Waals surface area contributed by atoms with Gasteiger partial charge in [-0.25, -0.2) is 19.1 Å². The third-order valence-electron chi connectivity index (χ3n) is 3.02. The molecule has 0 bridgehead atoms. The summed E-state index contributed by atoms with van der Waals surface area (Å²) in [6.45, 7) is 0. The van der Waals surface area contributed by atoms with Crippen LogP contribution in [0.25, 0.3) is 5.65 Å². The Hall–Kier alpha value is -1.87. The Kier molecular flexibility index (Phi) is 12.0. The Morgan fingerprint density at radius 2 is 1.72 bits per heavy atom. The molecule has 0 aliphatic rings. The van der Waals surface area contributed by atoms with E-state index < -0.39 is 17.7 Å². The number of nitrogens with two attached hydrogens (primary N) is 1. The molecule has 0 atom stereocenters. The first-order valence-corrected chi connectivity index (χ1v) is 11.4. The van der Waals surface area contributed by atoms with Crippen LogP contribution in [0, 0.1) is 0 Å². The molecule has 0 unspecified atom stereocenters. The smallest absolute Gasteiger partial charge is 0.375 e. The summed E-state index contributed by atoms with van der Waals surface area (Å²) in [5.41, 5.74) is 6.01. The maximum atomic E-state index is 11.2. The van der Waals surface area contributed by atoms with Crippen LogP contribution in [0.4, 0.5) is 5.82 Å². The highest BCUT2D eigenvalue weighted by Gasteiger charge is 2.13. The van der Waals surface area contributed by atoms with Crippen LogP contribution < -0.4 is 5.73 Å². The number of imidazole rings is 1. The van der Waals surface area contributed by atoms with Gasteiger partial charge in [-0.3, -0.25) is 4.79 Å². The van der Waals surface area contributed by atoms with Crippen molar-refractivity contribution in [2.45, 2.75) is 0 Å². The van der Waals surface area contributed by atoms with E-state index >= 15 is 0 Å². The Bertz CT molecular complexity index is 1130. The molecule has 0 aliphatic heterocycles. The fourth-order valence-electron chi connectivity index (χ4n) is 1.64. The minimum absolute atomic E-state index is 0. The number of anilines is 1. The predicted molar refractivity (Wildman–Crippen MR) is 131 cm³/mol. The van der Waals surface area contributed by atoms with Crippen molar-refractivity contribution in [1.29, 1.82) is 0 Å². The molecule has 3 rings (SSSR count). The molecular weight excluding hydrogens is 667 g/mol. The third-order valence-corrected chi connectivity index (χ3v) is 5.12. The number of esters is 2. The zero-order chi connectivity index (χ0) is 24.4. The molecule has 16 heteroatoms. The van der Waals surface area contributed by atoms with Gasteiger partial charge in [0.25, 0.3) is 0 Å². The minimum Gasteiger partial charge on any atom is -0.464 e. The van der Waals surface area contributed by atoms with Crippen molar-refractivity contribution in [3.8, 4) is 0 Å². The number of ether oxygens (including phenoxy) is 2. The third kappa shape index (κ3) is 8.58. The van der Waals surface area contributed by atoms with Gasteiger partial charge in [0.1, 0.15) is 0 Å². The summed E-state index contributed by atoms with van der Waals surface area (Å²) < 4.78 is 11.4.